The molecule has 0 aliphatic rings. The molecule has 0 aromatic carbocycles. The van der Waals surface area contributed by atoms with E-state index in [1.165, 1.54) is 13.1 Å². The fourth-order valence-electron chi connectivity index (χ4n) is 3.88. The van der Waals surface area contributed by atoms with Crippen molar-refractivity contribution >= 4 is 17.7 Å². The lowest BCUT2D eigenvalue weighted by molar-refractivity contribution is -0.155. The van der Waals surface area contributed by atoms with Gasteiger partial charge in [-0.1, -0.05) is 38.8 Å². The van der Waals surface area contributed by atoms with E-state index < -0.39 is 12.1 Å². The van der Waals surface area contributed by atoms with Gasteiger partial charge in [-0.15, -0.1) is 0 Å². The fourth-order valence-corrected chi connectivity index (χ4v) is 3.88. The average Bonchev–Trinajstić information content (AvgIpc) is 2.78. The maximum Gasteiger partial charge on any atom is 0.302 e. The first kappa shape index (κ1) is 31.8. The number of hydrogen-bond acceptors (Lipinski definition) is 6. The highest BCUT2D eigenvalue weighted by Crippen LogP contribution is 2.22. The normalized spacial score (nSPS) is 15.7. The van der Waals surface area contributed by atoms with Gasteiger partial charge >= 0.3 is 5.97 Å². The third-order valence-electron chi connectivity index (χ3n) is 5.85. The van der Waals surface area contributed by atoms with Gasteiger partial charge in [-0.25, -0.2) is 0 Å². The molecule has 34 heavy (non-hydrogen) atoms. The summed E-state index contributed by atoms with van der Waals surface area (Å²) in [6, 6.07) is -0.798. The predicted octanol–water partition coefficient (Wildman–Crippen LogP) is 3.75. The van der Waals surface area contributed by atoms with Crippen molar-refractivity contribution in [3.63, 3.8) is 0 Å². The summed E-state index contributed by atoms with van der Waals surface area (Å²) in [4.78, 5) is 38.4. The Kier molecular flexibility index (Phi) is 17.0. The lowest BCUT2D eigenvalue weighted by Crippen LogP contribution is -2.49. The van der Waals surface area contributed by atoms with Crippen LogP contribution in [0.1, 0.15) is 79.1 Å². The lowest BCUT2D eigenvalue weighted by Gasteiger charge is -2.34. The molecule has 2 N–H and O–H groups in total. The smallest absolute Gasteiger partial charge is 0.302 e. The second-order valence-electron chi connectivity index (χ2n) is 9.01. The molecule has 8 nitrogen and oxygen atoms in total. The van der Waals surface area contributed by atoms with Gasteiger partial charge in [-0.2, -0.15) is 0 Å². The number of ketones is 1. The highest BCUT2D eigenvalue weighted by atomic mass is 16.5. The van der Waals surface area contributed by atoms with Crippen molar-refractivity contribution in [2.75, 3.05) is 21.1 Å². The van der Waals surface area contributed by atoms with Gasteiger partial charge in [0.1, 0.15) is 12.1 Å². The Morgan fingerprint density at radius 2 is 1.68 bits per heavy atom. The van der Waals surface area contributed by atoms with E-state index in [9.17, 15) is 19.5 Å². The van der Waals surface area contributed by atoms with E-state index in [-0.39, 0.29) is 35.4 Å². The van der Waals surface area contributed by atoms with Crippen molar-refractivity contribution in [2.24, 2.45) is 5.92 Å². The number of nitrogens with one attached hydrogen (secondary N) is 2. The molecule has 8 heteroatoms. The molecule has 0 aromatic heterocycles. The van der Waals surface area contributed by atoms with E-state index in [1.54, 1.807) is 7.05 Å². The minimum atomic E-state index is -0.505. The number of likely N-dealkylation sites (N-methyl/N-ethyl adjacent to an activating group) is 2. The van der Waals surface area contributed by atoms with Crippen LogP contribution in [0.3, 0.4) is 0 Å². The molecule has 0 saturated carbocycles. The Hall–Kier alpha value is -2.19. The number of unbranched alkanes of at least 4 members (excludes halogenated alkanes) is 3. The summed E-state index contributed by atoms with van der Waals surface area (Å²) in [5.41, 5.74) is 0. The molecule has 0 spiro atoms. The van der Waals surface area contributed by atoms with Gasteiger partial charge in [0.25, 0.3) is 0 Å². The zero-order valence-electron chi connectivity index (χ0n) is 22.2. The number of esters is 1. The third-order valence-corrected chi connectivity index (χ3v) is 5.85. The van der Waals surface area contributed by atoms with Gasteiger partial charge in [0.05, 0.1) is 6.04 Å². The topological polar surface area (TPSA) is 108 Å². The van der Waals surface area contributed by atoms with Crippen LogP contribution in [0.25, 0.3) is 0 Å². The maximum absolute atomic E-state index is 13.0. The molecule has 0 fully saturated rings. The molecule has 0 rings (SSSR count). The molecule has 0 aliphatic carbocycles. The SMILES string of the molecule is C/C=C/C[C@@H](C)C(OC(C)=O)C(C(=O)CCCCCCC([O])=CNC(=O)[C@H](CC)NC)N(C)C. The summed E-state index contributed by atoms with van der Waals surface area (Å²) in [6.45, 7) is 7.21. The van der Waals surface area contributed by atoms with Gasteiger partial charge in [0, 0.05) is 26.0 Å². The molecule has 0 aromatic rings. The van der Waals surface area contributed by atoms with Crippen LogP contribution >= 0.6 is 0 Å². The molecular weight excluding hydrogens is 434 g/mol. The first-order valence-electron chi connectivity index (χ1n) is 12.4. The van der Waals surface area contributed by atoms with Crippen molar-refractivity contribution in [1.29, 1.82) is 0 Å². The Morgan fingerprint density at radius 1 is 1.06 bits per heavy atom. The van der Waals surface area contributed by atoms with Gasteiger partial charge in [-0.05, 0) is 59.7 Å². The average molecular weight is 481 g/mol. The van der Waals surface area contributed by atoms with E-state index in [4.69, 9.17) is 4.74 Å². The van der Waals surface area contributed by atoms with Crippen LogP contribution < -0.4 is 10.6 Å². The summed E-state index contributed by atoms with van der Waals surface area (Å²) in [7, 11) is 5.38. The van der Waals surface area contributed by atoms with Crippen LogP contribution in [-0.4, -0.2) is 61.9 Å². The molecule has 2 unspecified atom stereocenters. The standard InChI is InChI=1S/C26H46N3O5/c1-8-10-15-19(3)25(34-20(4)30)24(29(6)7)23(32)17-14-12-11-13-16-21(31)18-28-26(33)22(9-2)27-5/h8,10,18-19,22,24-25,27H,9,11-17H2,1-7H3,(H,28,33)/b10-8+,21-18?/t19-,22+,24?,25?/m1/s1. The zero-order valence-corrected chi connectivity index (χ0v) is 22.2. The van der Waals surface area contributed by atoms with Crippen LogP contribution in [0.2, 0.25) is 0 Å². The van der Waals surface area contributed by atoms with E-state index in [0.717, 1.165) is 19.3 Å². The van der Waals surface area contributed by atoms with E-state index >= 15 is 0 Å². The third kappa shape index (κ3) is 12.9. The number of amides is 1. The summed E-state index contributed by atoms with van der Waals surface area (Å²) >= 11 is 0. The largest absolute Gasteiger partial charge is 0.460 e. The summed E-state index contributed by atoms with van der Waals surface area (Å²) in [6.07, 6.45) is 9.93. The fraction of sp³-hybridized carbons (Fsp3) is 0.731. The van der Waals surface area contributed by atoms with Crippen LogP contribution in [-0.2, 0) is 24.2 Å². The van der Waals surface area contributed by atoms with Gasteiger partial charge < -0.3 is 15.4 Å². The van der Waals surface area contributed by atoms with Crippen molar-refractivity contribution in [3.05, 3.63) is 24.1 Å². The van der Waals surface area contributed by atoms with Crippen molar-refractivity contribution < 1.29 is 24.2 Å². The van der Waals surface area contributed by atoms with E-state index in [1.807, 2.05) is 51.9 Å². The van der Waals surface area contributed by atoms with Crippen molar-refractivity contribution in [1.82, 2.24) is 15.5 Å². The monoisotopic (exact) mass is 480 g/mol. The maximum atomic E-state index is 13.0. The van der Waals surface area contributed by atoms with Crippen LogP contribution in [0.4, 0.5) is 0 Å². The van der Waals surface area contributed by atoms with Crippen LogP contribution in [0.5, 0.6) is 0 Å². The van der Waals surface area contributed by atoms with Crippen molar-refractivity contribution in [3.8, 4) is 0 Å². The number of Topliss-reactive ketones (excluding diaryl/α,β-unsaturated/α-hetero) is 1. The Balaban J connectivity index is 4.61. The summed E-state index contributed by atoms with van der Waals surface area (Å²) in [5.74, 6) is -0.627. The van der Waals surface area contributed by atoms with E-state index in [2.05, 4.69) is 10.6 Å². The van der Waals surface area contributed by atoms with E-state index in [0.29, 0.717) is 32.1 Å². The highest BCUT2D eigenvalue weighted by Gasteiger charge is 2.35. The Labute approximate surface area is 206 Å². The first-order valence-corrected chi connectivity index (χ1v) is 12.4. The molecule has 195 valence electrons. The Bertz CT molecular complexity index is 671. The van der Waals surface area contributed by atoms with Gasteiger partial charge in [-0.3, -0.25) is 24.4 Å². The quantitative estimate of drug-likeness (QED) is 0.134. The van der Waals surface area contributed by atoms with Crippen LogP contribution in [0.15, 0.2) is 24.1 Å². The van der Waals surface area contributed by atoms with Gasteiger partial charge in [0.15, 0.2) is 11.5 Å². The molecule has 0 bridgehead atoms. The molecule has 4 atom stereocenters. The number of nitrogens with zero attached hydrogens (tertiary/aromatic N) is 1. The van der Waals surface area contributed by atoms with Crippen molar-refractivity contribution in [2.45, 2.75) is 97.2 Å². The summed E-state index contributed by atoms with van der Waals surface area (Å²) < 4.78 is 5.58. The molecule has 1 amide bonds. The minimum Gasteiger partial charge on any atom is -0.460 e. The number of hydrogen-bond donors (Lipinski definition) is 2. The zero-order chi connectivity index (χ0) is 26.1. The molecular formula is C26H46N3O5. The minimum absolute atomic E-state index is 0.0138. The second kappa shape index (κ2) is 18.2. The molecule has 0 heterocycles. The second-order valence-corrected chi connectivity index (χ2v) is 9.01. The van der Waals surface area contributed by atoms with Crippen LogP contribution in [0, 0.1) is 5.92 Å². The number of carbonyl (C=O) groups excluding carboxylic acids is 3. The predicted molar refractivity (Wildman–Crippen MR) is 134 cm³/mol. The molecule has 0 saturated heterocycles. The molecule has 1 radical (unpaired) electrons. The number of ether oxygens (including phenoxy) is 1. The number of allylic oxidation sites excluding steroid dienone is 3. The first-order chi connectivity index (χ1) is 16.1. The highest BCUT2D eigenvalue weighted by molar-refractivity contribution is 5.85. The summed E-state index contributed by atoms with van der Waals surface area (Å²) in [5, 5.41) is 17.4. The number of carbonyl (C=O) groups is 3. The lowest BCUT2D eigenvalue weighted by atomic mass is 9.89. The van der Waals surface area contributed by atoms with Gasteiger partial charge in [0.2, 0.25) is 5.91 Å². The molecule has 0 aliphatic heterocycles. The Morgan fingerprint density at radius 3 is 2.18 bits per heavy atom. The number of rotatable bonds is 18.